The molecule has 0 aliphatic carbocycles. The van der Waals surface area contributed by atoms with E-state index in [-0.39, 0.29) is 0 Å². The van der Waals surface area contributed by atoms with E-state index in [0.717, 1.165) is 51.4 Å². The van der Waals surface area contributed by atoms with Crippen molar-refractivity contribution in [1.82, 2.24) is 0 Å². The van der Waals surface area contributed by atoms with E-state index in [0.29, 0.717) is 48.7 Å². The zero-order valence-electron chi connectivity index (χ0n) is 35.7. The fraction of sp³-hybridized carbons (Fsp3) is 0.667. The number of hydrogen-bond acceptors (Lipinski definition) is 8. The number of carbonyl (C=O) groups excluding carboxylic acids is 4. The van der Waals surface area contributed by atoms with Crippen LogP contribution in [0.5, 0.6) is 0 Å². The number of unbranched alkanes of at least 4 members (excludes halogenated alkanes) is 20. The molecule has 56 heavy (non-hydrogen) atoms. The van der Waals surface area contributed by atoms with Gasteiger partial charge < -0.3 is 18.9 Å². The first-order valence-electron chi connectivity index (χ1n) is 22.3. The van der Waals surface area contributed by atoms with Crippen LogP contribution < -0.4 is 0 Å². The van der Waals surface area contributed by atoms with E-state index < -0.39 is 23.9 Å². The van der Waals surface area contributed by atoms with Crippen LogP contribution in [0.4, 0.5) is 0 Å². The Morgan fingerprint density at radius 1 is 0.304 bits per heavy atom. The lowest BCUT2D eigenvalue weighted by Crippen LogP contribution is -2.15. The Morgan fingerprint density at radius 2 is 0.482 bits per heavy atom. The Morgan fingerprint density at radius 3 is 0.679 bits per heavy atom. The molecule has 0 N–H and O–H groups in total. The van der Waals surface area contributed by atoms with Gasteiger partial charge in [0.1, 0.15) is 0 Å². The van der Waals surface area contributed by atoms with Crippen LogP contribution in [-0.2, 0) is 18.9 Å². The van der Waals surface area contributed by atoms with E-state index >= 15 is 0 Å². The van der Waals surface area contributed by atoms with Gasteiger partial charge in [-0.15, -0.1) is 0 Å². The summed E-state index contributed by atoms with van der Waals surface area (Å²) in [6.07, 6.45) is 27.3. The molecular weight excluding hydrogens is 705 g/mol. The predicted molar refractivity (Wildman–Crippen MR) is 228 cm³/mol. The van der Waals surface area contributed by atoms with E-state index in [1.807, 2.05) is 0 Å². The molecule has 0 amide bonds. The third-order valence-electron chi connectivity index (χ3n) is 9.66. The van der Waals surface area contributed by atoms with Crippen LogP contribution in [0.25, 0.3) is 0 Å². The number of esters is 4. The molecule has 8 heteroatoms. The summed E-state index contributed by atoms with van der Waals surface area (Å²) in [6.45, 7) is 10.3. The van der Waals surface area contributed by atoms with Crippen LogP contribution in [0.2, 0.25) is 0 Å². The Balaban J connectivity index is 0.000000560. The molecule has 2 aromatic carbocycles. The van der Waals surface area contributed by atoms with Gasteiger partial charge in [0.05, 0.1) is 48.7 Å². The SMILES string of the molecule is CCCCCCCCOC(=O)c1ccccc1C(=O)OCCCCCCCC.CCCCCCCCOC(=O)c1ccccc1C(=O)OCCCCCCCC. The van der Waals surface area contributed by atoms with Crippen molar-refractivity contribution in [2.45, 2.75) is 182 Å². The van der Waals surface area contributed by atoms with E-state index in [4.69, 9.17) is 18.9 Å². The average molecular weight is 781 g/mol. The summed E-state index contributed by atoms with van der Waals surface area (Å²) in [5, 5.41) is 0. The van der Waals surface area contributed by atoms with E-state index in [1.54, 1.807) is 48.5 Å². The standard InChI is InChI=1S/2C24H38O4/c2*1-3-5-7-9-11-15-19-27-23(25)21-17-13-14-18-22(21)24(26)28-20-16-12-10-8-6-4-2/h2*13-14,17-18H,3-12,15-16,19-20H2,1-2H3. The zero-order valence-corrected chi connectivity index (χ0v) is 35.7. The maximum Gasteiger partial charge on any atom is 0.339 e. The third-order valence-corrected chi connectivity index (χ3v) is 9.66. The van der Waals surface area contributed by atoms with E-state index in [2.05, 4.69) is 27.7 Å². The number of benzene rings is 2. The van der Waals surface area contributed by atoms with Crippen molar-refractivity contribution in [3.63, 3.8) is 0 Å². The van der Waals surface area contributed by atoms with Gasteiger partial charge in [0, 0.05) is 0 Å². The monoisotopic (exact) mass is 781 g/mol. The van der Waals surface area contributed by atoms with Gasteiger partial charge in [-0.2, -0.15) is 0 Å². The summed E-state index contributed by atoms with van der Waals surface area (Å²) in [7, 11) is 0. The van der Waals surface area contributed by atoms with Crippen LogP contribution in [0.15, 0.2) is 48.5 Å². The molecule has 0 aliphatic rings. The molecule has 0 aromatic heterocycles. The highest BCUT2D eigenvalue weighted by atomic mass is 16.5. The normalized spacial score (nSPS) is 10.6. The summed E-state index contributed by atoms with van der Waals surface area (Å²) in [4.78, 5) is 49.4. The van der Waals surface area contributed by atoms with E-state index in [1.165, 1.54) is 103 Å². The second-order valence-corrected chi connectivity index (χ2v) is 14.7. The molecule has 0 fully saturated rings. The van der Waals surface area contributed by atoms with Crippen molar-refractivity contribution in [3.8, 4) is 0 Å². The summed E-state index contributed by atoms with van der Waals surface area (Å²) in [6, 6.07) is 13.5. The van der Waals surface area contributed by atoms with Crippen molar-refractivity contribution in [2.24, 2.45) is 0 Å². The predicted octanol–water partition coefficient (Wildman–Crippen LogP) is 13.4. The zero-order chi connectivity index (χ0) is 40.9. The van der Waals surface area contributed by atoms with Gasteiger partial charge >= 0.3 is 23.9 Å². The largest absolute Gasteiger partial charge is 0.462 e. The lowest BCUT2D eigenvalue weighted by Gasteiger charge is -2.10. The molecule has 0 saturated carbocycles. The first kappa shape index (κ1) is 50.3. The molecule has 8 nitrogen and oxygen atoms in total. The van der Waals surface area contributed by atoms with Crippen LogP contribution >= 0.6 is 0 Å². The summed E-state index contributed by atoms with van der Waals surface area (Å²) in [5.74, 6) is -1.78. The molecule has 316 valence electrons. The van der Waals surface area contributed by atoms with Crippen LogP contribution in [0, 0.1) is 0 Å². The molecular formula is C48H76O8. The van der Waals surface area contributed by atoms with Crippen molar-refractivity contribution >= 4 is 23.9 Å². The molecule has 2 rings (SSSR count). The minimum absolute atomic E-state index is 0.293. The molecule has 0 atom stereocenters. The molecule has 0 saturated heterocycles. The van der Waals surface area contributed by atoms with Gasteiger partial charge in [-0.1, -0.05) is 180 Å². The summed E-state index contributed by atoms with van der Waals surface area (Å²) in [5.41, 5.74) is 1.17. The van der Waals surface area contributed by atoms with Crippen LogP contribution in [0.3, 0.4) is 0 Å². The highest BCUT2D eigenvalue weighted by molar-refractivity contribution is 6.03. The van der Waals surface area contributed by atoms with Crippen molar-refractivity contribution in [1.29, 1.82) is 0 Å². The lowest BCUT2D eigenvalue weighted by atomic mass is 10.1. The summed E-state index contributed by atoms with van der Waals surface area (Å²) < 4.78 is 21.4. The molecule has 2 aromatic rings. The number of hydrogen-bond donors (Lipinski definition) is 0. The maximum absolute atomic E-state index is 12.4. The van der Waals surface area contributed by atoms with E-state index in [9.17, 15) is 19.2 Å². The highest BCUT2D eigenvalue weighted by Crippen LogP contribution is 2.16. The quantitative estimate of drug-likeness (QED) is 0.0410. The van der Waals surface area contributed by atoms with Crippen LogP contribution in [-0.4, -0.2) is 50.3 Å². The minimum Gasteiger partial charge on any atom is -0.462 e. The second kappa shape index (κ2) is 35.7. The lowest BCUT2D eigenvalue weighted by molar-refractivity contribution is 0.0450. The molecule has 0 aliphatic heterocycles. The minimum atomic E-state index is -0.444. The fourth-order valence-electron chi connectivity index (χ4n) is 6.18. The van der Waals surface area contributed by atoms with Gasteiger partial charge in [-0.05, 0) is 49.9 Å². The topological polar surface area (TPSA) is 105 Å². The van der Waals surface area contributed by atoms with Gasteiger partial charge in [0.2, 0.25) is 0 Å². The first-order valence-corrected chi connectivity index (χ1v) is 22.3. The molecule has 0 spiro atoms. The molecule has 0 unspecified atom stereocenters. The fourth-order valence-corrected chi connectivity index (χ4v) is 6.18. The smallest absolute Gasteiger partial charge is 0.339 e. The summed E-state index contributed by atoms with van der Waals surface area (Å²) >= 11 is 0. The highest BCUT2D eigenvalue weighted by Gasteiger charge is 2.20. The Kier molecular flexibility index (Phi) is 32.1. The maximum atomic E-state index is 12.4. The molecule has 0 bridgehead atoms. The molecule has 0 radical (unpaired) electrons. The third kappa shape index (κ3) is 24.8. The van der Waals surface area contributed by atoms with Gasteiger partial charge in [0.25, 0.3) is 0 Å². The Labute approximate surface area is 340 Å². The number of carbonyl (C=O) groups is 4. The van der Waals surface area contributed by atoms with Crippen molar-refractivity contribution < 1.29 is 38.1 Å². The van der Waals surface area contributed by atoms with Crippen LogP contribution in [0.1, 0.15) is 223 Å². The second-order valence-electron chi connectivity index (χ2n) is 14.7. The van der Waals surface area contributed by atoms with Crippen molar-refractivity contribution in [3.05, 3.63) is 70.8 Å². The Bertz CT molecular complexity index is 1110. The van der Waals surface area contributed by atoms with Gasteiger partial charge in [0.15, 0.2) is 0 Å². The first-order chi connectivity index (χ1) is 27.4. The van der Waals surface area contributed by atoms with Gasteiger partial charge in [-0.25, -0.2) is 19.2 Å². The molecule has 0 heterocycles. The van der Waals surface area contributed by atoms with Gasteiger partial charge in [-0.3, -0.25) is 0 Å². The Hall–Kier alpha value is -3.68. The number of ether oxygens (including phenoxy) is 4. The average Bonchev–Trinajstić information content (AvgIpc) is 3.22. The van der Waals surface area contributed by atoms with Crippen molar-refractivity contribution in [2.75, 3.05) is 26.4 Å². The number of rotatable bonds is 32.